The van der Waals surface area contributed by atoms with Crippen LogP contribution in [0.1, 0.15) is 47.3 Å². The van der Waals surface area contributed by atoms with Gasteiger partial charge in [0.2, 0.25) is 0 Å². The minimum absolute atomic E-state index is 0.229. The van der Waals surface area contributed by atoms with Gasteiger partial charge >= 0.3 is 0 Å². The van der Waals surface area contributed by atoms with Crippen molar-refractivity contribution in [2.24, 2.45) is 0 Å². The first-order valence-electron chi connectivity index (χ1n) is 7.94. The molecule has 3 aromatic heterocycles. The summed E-state index contributed by atoms with van der Waals surface area (Å²) in [6.07, 6.45) is 5.30. The fourth-order valence-electron chi connectivity index (χ4n) is 2.46. The molecule has 0 aliphatic heterocycles. The summed E-state index contributed by atoms with van der Waals surface area (Å²) < 4.78 is 2.61. The van der Waals surface area contributed by atoms with Crippen LogP contribution in [-0.2, 0) is 6.54 Å². The van der Waals surface area contributed by atoms with Crippen molar-refractivity contribution in [2.75, 3.05) is 0 Å². The van der Waals surface area contributed by atoms with Crippen molar-refractivity contribution in [3.8, 4) is 5.82 Å². The Labute approximate surface area is 154 Å². The van der Waals surface area contributed by atoms with Crippen LogP contribution in [0.25, 0.3) is 5.82 Å². The van der Waals surface area contributed by atoms with Crippen molar-refractivity contribution in [1.82, 2.24) is 30.0 Å². The normalized spacial score (nSPS) is 11.1. The molecular formula is C17H19BrN6O. The molecule has 3 rings (SSSR count). The molecule has 0 aromatic carbocycles. The molecule has 0 bridgehead atoms. The molecule has 1 amide bonds. The molecule has 7 nitrogen and oxygen atoms in total. The number of halogens is 1. The fourth-order valence-corrected chi connectivity index (χ4v) is 3.28. The van der Waals surface area contributed by atoms with Crippen molar-refractivity contribution < 1.29 is 4.79 Å². The lowest BCUT2D eigenvalue weighted by Crippen LogP contribution is -2.23. The van der Waals surface area contributed by atoms with Gasteiger partial charge in [-0.25, -0.2) is 9.97 Å². The number of aryl methyl sites for hydroxylation is 1. The van der Waals surface area contributed by atoms with E-state index in [-0.39, 0.29) is 11.8 Å². The number of rotatable bonds is 5. The second-order valence-electron chi connectivity index (χ2n) is 6.00. The van der Waals surface area contributed by atoms with Gasteiger partial charge in [-0.2, -0.15) is 5.10 Å². The number of hydrogen-bond donors (Lipinski definition) is 2. The van der Waals surface area contributed by atoms with Crippen molar-refractivity contribution in [1.29, 1.82) is 0 Å². The van der Waals surface area contributed by atoms with Crippen LogP contribution in [0.3, 0.4) is 0 Å². The van der Waals surface area contributed by atoms with Crippen molar-refractivity contribution in [3.05, 3.63) is 58.0 Å². The Kier molecular flexibility index (Phi) is 4.98. The lowest BCUT2D eigenvalue weighted by molar-refractivity contribution is 0.0945. The molecular weight excluding hydrogens is 384 g/mol. The molecule has 8 heteroatoms. The summed E-state index contributed by atoms with van der Waals surface area (Å²) in [4.78, 5) is 20.9. The van der Waals surface area contributed by atoms with E-state index < -0.39 is 0 Å². The molecule has 2 N–H and O–H groups in total. The zero-order chi connectivity index (χ0) is 18.0. The minimum Gasteiger partial charge on any atom is -0.347 e. The van der Waals surface area contributed by atoms with E-state index in [2.05, 4.69) is 41.4 Å². The van der Waals surface area contributed by atoms with Crippen LogP contribution in [-0.4, -0.2) is 30.6 Å². The molecule has 0 aliphatic carbocycles. The molecule has 0 saturated carbocycles. The van der Waals surface area contributed by atoms with E-state index in [4.69, 9.17) is 0 Å². The highest BCUT2D eigenvalue weighted by molar-refractivity contribution is 9.10. The average Bonchev–Trinajstić information content (AvgIpc) is 3.18. The second-order valence-corrected chi connectivity index (χ2v) is 6.80. The number of nitrogens with zero attached hydrogens (tertiary/aromatic N) is 4. The van der Waals surface area contributed by atoms with Crippen molar-refractivity contribution in [3.63, 3.8) is 0 Å². The predicted octanol–water partition coefficient (Wildman–Crippen LogP) is 3.11. The Morgan fingerprint density at radius 1 is 1.36 bits per heavy atom. The zero-order valence-electron chi connectivity index (χ0n) is 14.2. The van der Waals surface area contributed by atoms with E-state index in [1.165, 1.54) is 0 Å². The molecule has 25 heavy (non-hydrogen) atoms. The molecule has 3 heterocycles. The zero-order valence-corrected chi connectivity index (χ0v) is 15.8. The van der Waals surface area contributed by atoms with Crippen LogP contribution in [0.4, 0.5) is 0 Å². The molecule has 0 unspecified atom stereocenters. The van der Waals surface area contributed by atoms with Crippen LogP contribution in [0.5, 0.6) is 0 Å². The summed E-state index contributed by atoms with van der Waals surface area (Å²) in [5.41, 5.74) is 2.22. The highest BCUT2D eigenvalue weighted by Gasteiger charge is 2.19. The largest absolute Gasteiger partial charge is 0.347 e. The third kappa shape index (κ3) is 3.63. The van der Waals surface area contributed by atoms with Crippen LogP contribution in [0.15, 0.2) is 35.2 Å². The van der Waals surface area contributed by atoms with E-state index in [0.29, 0.717) is 16.7 Å². The number of carbonyl (C=O) groups is 1. The van der Waals surface area contributed by atoms with Crippen LogP contribution in [0, 0.1) is 6.92 Å². The average molecular weight is 403 g/mol. The summed E-state index contributed by atoms with van der Waals surface area (Å²) >= 11 is 3.45. The number of hydrogen-bond acceptors (Lipinski definition) is 4. The molecule has 0 radical (unpaired) electrons. The van der Waals surface area contributed by atoms with Gasteiger partial charge in [-0.15, -0.1) is 0 Å². The first-order chi connectivity index (χ1) is 12.0. The smallest absolute Gasteiger partial charge is 0.273 e. The summed E-state index contributed by atoms with van der Waals surface area (Å²) in [5, 5.41) is 9.91. The number of pyridine rings is 1. The maximum Gasteiger partial charge on any atom is 0.273 e. The molecule has 0 spiro atoms. The third-order valence-corrected chi connectivity index (χ3v) is 4.66. The van der Waals surface area contributed by atoms with Crippen LogP contribution < -0.4 is 5.32 Å². The Bertz CT molecular complexity index is 898. The maximum absolute atomic E-state index is 12.4. The number of aromatic amines is 1. The highest BCUT2D eigenvalue weighted by atomic mass is 79.9. The standard InChI is InChI=1S/C17H19BrN6O/c1-10(2)15-14(18)16(23-22-15)17(25)21-9-12-4-5-20-13(8-12)24-7-6-19-11(24)3/h4-8,10H,9H2,1-3H3,(H,21,25)(H,22,23). The van der Waals surface area contributed by atoms with E-state index in [9.17, 15) is 4.79 Å². The molecule has 0 aliphatic rings. The lowest BCUT2D eigenvalue weighted by Gasteiger charge is -2.08. The first-order valence-corrected chi connectivity index (χ1v) is 8.74. The number of aromatic nitrogens is 5. The van der Waals surface area contributed by atoms with E-state index >= 15 is 0 Å². The SMILES string of the molecule is Cc1nccn1-c1cc(CNC(=O)c2n[nH]c(C(C)C)c2Br)ccn1. The Balaban J connectivity index is 1.72. The monoisotopic (exact) mass is 402 g/mol. The van der Waals surface area contributed by atoms with Gasteiger partial charge in [0.1, 0.15) is 11.6 Å². The van der Waals surface area contributed by atoms with Gasteiger partial charge in [0.15, 0.2) is 5.69 Å². The van der Waals surface area contributed by atoms with Crippen molar-refractivity contribution >= 4 is 21.8 Å². The summed E-state index contributed by atoms with van der Waals surface area (Å²) in [6, 6.07) is 3.79. The summed E-state index contributed by atoms with van der Waals surface area (Å²) in [6.45, 7) is 6.38. The van der Waals surface area contributed by atoms with Gasteiger partial charge in [-0.3, -0.25) is 14.5 Å². The predicted molar refractivity (Wildman–Crippen MR) is 97.6 cm³/mol. The number of carbonyl (C=O) groups excluding carboxylic acids is 1. The number of H-pyrrole nitrogens is 1. The van der Waals surface area contributed by atoms with Crippen molar-refractivity contribution in [2.45, 2.75) is 33.2 Å². The fraction of sp³-hybridized carbons (Fsp3) is 0.294. The van der Waals surface area contributed by atoms with Gasteiger partial charge in [-0.1, -0.05) is 13.8 Å². The van der Waals surface area contributed by atoms with Gasteiger partial charge in [0.25, 0.3) is 5.91 Å². The number of amides is 1. The van der Waals surface area contributed by atoms with E-state index in [0.717, 1.165) is 22.9 Å². The maximum atomic E-state index is 12.4. The summed E-state index contributed by atoms with van der Waals surface area (Å²) in [7, 11) is 0. The first kappa shape index (κ1) is 17.3. The lowest BCUT2D eigenvalue weighted by atomic mass is 10.1. The van der Waals surface area contributed by atoms with Gasteiger partial charge < -0.3 is 5.32 Å². The molecule has 0 fully saturated rings. The Hall–Kier alpha value is -2.48. The van der Waals surface area contributed by atoms with Gasteiger partial charge in [-0.05, 0) is 46.5 Å². The minimum atomic E-state index is -0.229. The third-order valence-electron chi connectivity index (χ3n) is 3.86. The van der Waals surface area contributed by atoms with Crippen LogP contribution in [0.2, 0.25) is 0 Å². The molecule has 0 saturated heterocycles. The van der Waals surface area contributed by atoms with Gasteiger partial charge in [0.05, 0.1) is 10.2 Å². The summed E-state index contributed by atoms with van der Waals surface area (Å²) in [5.74, 6) is 1.65. The quantitative estimate of drug-likeness (QED) is 0.685. The number of nitrogens with one attached hydrogen (secondary N) is 2. The van der Waals surface area contributed by atoms with E-state index in [1.54, 1.807) is 12.4 Å². The number of imidazole rings is 1. The van der Waals surface area contributed by atoms with Gasteiger partial charge in [0, 0.05) is 25.1 Å². The molecule has 3 aromatic rings. The Morgan fingerprint density at radius 3 is 2.80 bits per heavy atom. The highest BCUT2D eigenvalue weighted by Crippen LogP contribution is 2.25. The molecule has 0 atom stereocenters. The Morgan fingerprint density at radius 2 is 2.16 bits per heavy atom. The van der Waals surface area contributed by atoms with Crippen LogP contribution >= 0.6 is 15.9 Å². The molecule has 130 valence electrons. The second kappa shape index (κ2) is 7.18. The van der Waals surface area contributed by atoms with E-state index in [1.807, 2.05) is 43.7 Å². The topological polar surface area (TPSA) is 88.5 Å².